The first-order valence-corrected chi connectivity index (χ1v) is 6.46. The van der Waals surface area contributed by atoms with E-state index in [1.165, 1.54) is 12.3 Å². The van der Waals surface area contributed by atoms with Crippen LogP contribution in [-0.2, 0) is 4.74 Å². The van der Waals surface area contributed by atoms with Gasteiger partial charge in [-0.05, 0) is 24.5 Å². The van der Waals surface area contributed by atoms with E-state index in [4.69, 9.17) is 4.74 Å². The number of pyridine rings is 1. The first-order valence-electron chi connectivity index (χ1n) is 6.46. The average Bonchev–Trinajstić information content (AvgIpc) is 2.39. The topological polar surface area (TPSA) is 39.2 Å². The van der Waals surface area contributed by atoms with E-state index in [1.54, 1.807) is 0 Å². The molecule has 1 unspecified atom stereocenters. The molecule has 0 spiro atoms. The van der Waals surface area contributed by atoms with Crippen LogP contribution in [0.2, 0.25) is 0 Å². The van der Waals surface area contributed by atoms with Gasteiger partial charge in [0.1, 0.15) is 0 Å². The molecule has 1 rings (SSSR count). The first-order chi connectivity index (χ1) is 8.67. The molecular formula is C14H20FNO2. The second-order valence-corrected chi connectivity index (χ2v) is 4.38. The number of hydrogen-bond donors (Lipinski definition) is 0. The fourth-order valence-electron chi connectivity index (χ4n) is 1.67. The van der Waals surface area contributed by atoms with Crippen molar-refractivity contribution < 1.29 is 13.9 Å². The van der Waals surface area contributed by atoms with Crippen molar-refractivity contribution in [3.05, 3.63) is 29.8 Å². The summed E-state index contributed by atoms with van der Waals surface area (Å²) < 4.78 is 17.8. The number of carbonyl (C=O) groups excluding carboxylic acids is 1. The Hall–Kier alpha value is -1.45. The summed E-state index contributed by atoms with van der Waals surface area (Å²) in [4.78, 5) is 15.1. The van der Waals surface area contributed by atoms with Crippen LogP contribution >= 0.6 is 0 Å². The van der Waals surface area contributed by atoms with E-state index < -0.39 is 11.9 Å². The van der Waals surface area contributed by atoms with Gasteiger partial charge in [0.05, 0.1) is 12.2 Å². The molecule has 0 radical (unpaired) electrons. The number of unbranched alkanes of at least 4 members (excludes halogenated alkanes) is 1. The number of esters is 1. The zero-order valence-corrected chi connectivity index (χ0v) is 11.0. The maximum absolute atomic E-state index is 12.6. The molecule has 0 fully saturated rings. The standard InChI is InChI=1S/C14H20FNO2/c1-3-5-6-11(4-2)10-18-14(17)12-7-8-13(15)16-9-12/h7-9,11H,3-6,10H2,1-2H3. The molecule has 4 heteroatoms. The summed E-state index contributed by atoms with van der Waals surface area (Å²) in [6.07, 6.45) is 5.56. The molecule has 1 aromatic rings. The molecule has 0 N–H and O–H groups in total. The summed E-state index contributed by atoms with van der Waals surface area (Å²) in [5.41, 5.74) is 0.293. The third-order valence-corrected chi connectivity index (χ3v) is 2.96. The molecule has 0 saturated heterocycles. The lowest BCUT2D eigenvalue weighted by Crippen LogP contribution is -2.14. The van der Waals surface area contributed by atoms with Crippen LogP contribution in [-0.4, -0.2) is 17.6 Å². The minimum absolute atomic E-state index is 0.293. The molecule has 0 aliphatic heterocycles. The Bertz CT molecular complexity index is 365. The second kappa shape index (κ2) is 7.80. The molecule has 18 heavy (non-hydrogen) atoms. The van der Waals surface area contributed by atoms with E-state index in [-0.39, 0.29) is 0 Å². The van der Waals surface area contributed by atoms with Gasteiger partial charge in [0, 0.05) is 6.20 Å². The van der Waals surface area contributed by atoms with Gasteiger partial charge in [0.2, 0.25) is 5.95 Å². The van der Waals surface area contributed by atoms with E-state index in [1.807, 2.05) is 0 Å². The van der Waals surface area contributed by atoms with Crippen LogP contribution in [0.15, 0.2) is 18.3 Å². The van der Waals surface area contributed by atoms with Gasteiger partial charge >= 0.3 is 5.97 Å². The third kappa shape index (κ3) is 4.82. The van der Waals surface area contributed by atoms with Crippen LogP contribution in [0.3, 0.4) is 0 Å². The quantitative estimate of drug-likeness (QED) is 0.550. The van der Waals surface area contributed by atoms with Gasteiger partial charge in [-0.2, -0.15) is 4.39 Å². The largest absolute Gasteiger partial charge is 0.462 e. The maximum Gasteiger partial charge on any atom is 0.339 e. The second-order valence-electron chi connectivity index (χ2n) is 4.38. The smallest absolute Gasteiger partial charge is 0.339 e. The van der Waals surface area contributed by atoms with Crippen LogP contribution in [0.5, 0.6) is 0 Å². The SMILES string of the molecule is CCCCC(CC)COC(=O)c1ccc(F)nc1. The minimum Gasteiger partial charge on any atom is -0.462 e. The van der Waals surface area contributed by atoms with Crippen molar-refractivity contribution in [1.82, 2.24) is 4.98 Å². The van der Waals surface area contributed by atoms with E-state index >= 15 is 0 Å². The van der Waals surface area contributed by atoms with Crippen molar-refractivity contribution in [2.24, 2.45) is 5.92 Å². The first kappa shape index (κ1) is 14.6. The van der Waals surface area contributed by atoms with Crippen molar-refractivity contribution in [2.75, 3.05) is 6.61 Å². The molecule has 0 amide bonds. The van der Waals surface area contributed by atoms with Crippen molar-refractivity contribution >= 4 is 5.97 Å². The highest BCUT2D eigenvalue weighted by Crippen LogP contribution is 2.13. The van der Waals surface area contributed by atoms with E-state index in [2.05, 4.69) is 18.8 Å². The molecule has 0 aromatic carbocycles. The van der Waals surface area contributed by atoms with Gasteiger partial charge in [-0.25, -0.2) is 9.78 Å². The summed E-state index contributed by atoms with van der Waals surface area (Å²) in [5, 5.41) is 0. The molecule has 1 atom stereocenters. The lowest BCUT2D eigenvalue weighted by molar-refractivity contribution is 0.0427. The lowest BCUT2D eigenvalue weighted by atomic mass is 10.0. The van der Waals surface area contributed by atoms with Crippen LogP contribution in [0, 0.1) is 11.9 Å². The molecule has 0 saturated carbocycles. The normalized spacial score (nSPS) is 12.2. The maximum atomic E-state index is 12.6. The summed E-state index contributed by atoms with van der Waals surface area (Å²) >= 11 is 0. The zero-order valence-electron chi connectivity index (χ0n) is 11.0. The van der Waals surface area contributed by atoms with Crippen molar-refractivity contribution in [3.63, 3.8) is 0 Å². The number of ether oxygens (including phenoxy) is 1. The molecule has 0 aliphatic rings. The Kier molecular flexibility index (Phi) is 6.33. The van der Waals surface area contributed by atoms with Gasteiger partial charge in [-0.15, -0.1) is 0 Å². The number of nitrogens with zero attached hydrogens (tertiary/aromatic N) is 1. The van der Waals surface area contributed by atoms with Crippen LogP contribution in [0.25, 0.3) is 0 Å². The van der Waals surface area contributed by atoms with Crippen LogP contribution in [0.4, 0.5) is 4.39 Å². The summed E-state index contributed by atoms with van der Waals surface area (Å²) in [7, 11) is 0. The average molecular weight is 253 g/mol. The van der Waals surface area contributed by atoms with Crippen LogP contribution in [0.1, 0.15) is 49.9 Å². The molecule has 100 valence electrons. The van der Waals surface area contributed by atoms with Crippen molar-refractivity contribution in [2.45, 2.75) is 39.5 Å². The highest BCUT2D eigenvalue weighted by atomic mass is 19.1. The third-order valence-electron chi connectivity index (χ3n) is 2.96. The molecular weight excluding hydrogens is 233 g/mol. The molecule has 1 aromatic heterocycles. The van der Waals surface area contributed by atoms with Gasteiger partial charge in [0.15, 0.2) is 0 Å². The number of aromatic nitrogens is 1. The van der Waals surface area contributed by atoms with Gasteiger partial charge in [0.25, 0.3) is 0 Å². The van der Waals surface area contributed by atoms with E-state index in [0.29, 0.717) is 18.1 Å². The van der Waals surface area contributed by atoms with Gasteiger partial charge in [-0.3, -0.25) is 0 Å². The predicted molar refractivity (Wildman–Crippen MR) is 67.8 cm³/mol. The monoisotopic (exact) mass is 253 g/mol. The molecule has 3 nitrogen and oxygen atoms in total. The Labute approximate surface area is 107 Å². The fraction of sp³-hybridized carbons (Fsp3) is 0.571. The zero-order chi connectivity index (χ0) is 13.4. The Morgan fingerprint density at radius 2 is 2.22 bits per heavy atom. The van der Waals surface area contributed by atoms with Gasteiger partial charge < -0.3 is 4.74 Å². The van der Waals surface area contributed by atoms with E-state index in [9.17, 15) is 9.18 Å². The van der Waals surface area contributed by atoms with Crippen molar-refractivity contribution in [1.29, 1.82) is 0 Å². The summed E-state index contributed by atoms with van der Waals surface area (Å²) in [6, 6.07) is 2.54. The Morgan fingerprint density at radius 1 is 1.44 bits per heavy atom. The van der Waals surface area contributed by atoms with E-state index in [0.717, 1.165) is 31.7 Å². The predicted octanol–water partition coefficient (Wildman–Crippen LogP) is 3.59. The van der Waals surface area contributed by atoms with Crippen LogP contribution < -0.4 is 0 Å². The highest BCUT2D eigenvalue weighted by molar-refractivity contribution is 5.88. The number of halogens is 1. The molecule has 1 heterocycles. The lowest BCUT2D eigenvalue weighted by Gasteiger charge is -2.14. The fourth-order valence-corrected chi connectivity index (χ4v) is 1.67. The molecule has 0 aliphatic carbocycles. The van der Waals surface area contributed by atoms with Gasteiger partial charge in [-0.1, -0.05) is 33.1 Å². The Balaban J connectivity index is 2.42. The Morgan fingerprint density at radius 3 is 2.78 bits per heavy atom. The number of hydrogen-bond acceptors (Lipinski definition) is 3. The summed E-state index contributed by atoms with van der Waals surface area (Å²) in [6.45, 7) is 4.66. The summed E-state index contributed by atoms with van der Waals surface area (Å²) in [5.74, 6) is -0.624. The number of rotatable bonds is 7. The molecule has 0 bridgehead atoms. The number of carbonyl (C=O) groups is 1. The highest BCUT2D eigenvalue weighted by Gasteiger charge is 2.12. The van der Waals surface area contributed by atoms with Crippen molar-refractivity contribution in [3.8, 4) is 0 Å². The minimum atomic E-state index is -0.596.